The number of fused-ring (bicyclic) bond motifs is 2. The van der Waals surface area contributed by atoms with Crippen molar-refractivity contribution in [2.45, 2.75) is 65.9 Å². The Kier molecular flexibility index (Phi) is 2.75. The van der Waals surface area contributed by atoms with Crippen molar-refractivity contribution in [2.75, 3.05) is 0 Å². The predicted octanol–water partition coefficient (Wildman–Crippen LogP) is 4.82. The average Bonchev–Trinajstić information content (AvgIpc) is 2.25. The van der Waals surface area contributed by atoms with Gasteiger partial charge in [0.25, 0.3) is 0 Å². The highest BCUT2D eigenvalue weighted by molar-refractivity contribution is 5.45. The molecule has 1 nitrogen and oxygen atoms in total. The molecule has 2 atom stereocenters. The van der Waals surface area contributed by atoms with Crippen LogP contribution in [0.3, 0.4) is 0 Å². The summed E-state index contributed by atoms with van der Waals surface area (Å²) in [7, 11) is 0. The van der Waals surface area contributed by atoms with E-state index in [1.807, 2.05) is 0 Å². The van der Waals surface area contributed by atoms with E-state index in [1.165, 1.54) is 42.4 Å². The molecular weight excluding hydrogens is 232 g/mol. The molecule has 1 saturated carbocycles. The van der Waals surface area contributed by atoms with Crippen molar-refractivity contribution >= 4 is 0 Å². The molecule has 1 fully saturated rings. The first-order valence-electron chi connectivity index (χ1n) is 7.61. The molecule has 1 aliphatic carbocycles. The van der Waals surface area contributed by atoms with Crippen molar-refractivity contribution in [2.24, 2.45) is 11.3 Å². The molecule has 0 unspecified atom stereocenters. The average molecular weight is 258 g/mol. The smallest absolute Gasteiger partial charge is 0.123 e. The monoisotopic (exact) mass is 258 g/mol. The highest BCUT2D eigenvalue weighted by Crippen LogP contribution is 2.53. The number of rotatable bonds is 0. The van der Waals surface area contributed by atoms with E-state index in [9.17, 15) is 0 Å². The lowest BCUT2D eigenvalue weighted by atomic mass is 9.59. The Labute approximate surface area is 117 Å². The molecule has 1 heteroatoms. The lowest BCUT2D eigenvalue weighted by molar-refractivity contribution is -0.0817. The summed E-state index contributed by atoms with van der Waals surface area (Å²) in [5.74, 6) is 1.79. The van der Waals surface area contributed by atoms with Crippen LogP contribution in [0.4, 0.5) is 0 Å². The summed E-state index contributed by atoms with van der Waals surface area (Å²) in [5.41, 5.74) is 4.59. The highest BCUT2D eigenvalue weighted by atomic mass is 16.5. The van der Waals surface area contributed by atoms with E-state index in [4.69, 9.17) is 4.74 Å². The molecule has 0 spiro atoms. The van der Waals surface area contributed by atoms with Crippen molar-refractivity contribution in [1.82, 2.24) is 0 Å². The molecule has 0 N–H and O–H groups in total. The van der Waals surface area contributed by atoms with E-state index >= 15 is 0 Å². The first-order chi connectivity index (χ1) is 8.82. The molecule has 19 heavy (non-hydrogen) atoms. The quantitative estimate of drug-likeness (QED) is 0.648. The summed E-state index contributed by atoms with van der Waals surface area (Å²) >= 11 is 0. The number of ether oxygens (including phenoxy) is 1. The van der Waals surface area contributed by atoms with Crippen LogP contribution in [0.1, 0.15) is 56.7 Å². The molecule has 1 heterocycles. The third kappa shape index (κ3) is 1.98. The summed E-state index contributed by atoms with van der Waals surface area (Å²) in [5, 5.41) is 0. The Morgan fingerprint density at radius 1 is 1.11 bits per heavy atom. The van der Waals surface area contributed by atoms with Gasteiger partial charge in [0.1, 0.15) is 11.4 Å². The van der Waals surface area contributed by atoms with E-state index in [-0.39, 0.29) is 5.60 Å². The molecule has 1 aliphatic heterocycles. The molecule has 1 aromatic rings. The van der Waals surface area contributed by atoms with Gasteiger partial charge >= 0.3 is 0 Å². The lowest BCUT2D eigenvalue weighted by Gasteiger charge is -2.53. The standard InChI is InChI=1S/C18H26O/c1-12-9-13(2)14-11-16-17(3,4)7-6-8-18(16,5)19-15(14)10-12/h9-10,16H,6-8,11H2,1-5H3/t16-,18-/m0/s1. The minimum Gasteiger partial charge on any atom is -0.487 e. The van der Waals surface area contributed by atoms with Crippen molar-refractivity contribution in [3.8, 4) is 5.75 Å². The van der Waals surface area contributed by atoms with Gasteiger partial charge in [-0.25, -0.2) is 0 Å². The zero-order chi connectivity index (χ0) is 13.8. The van der Waals surface area contributed by atoms with Crippen LogP contribution < -0.4 is 4.74 Å². The Bertz CT molecular complexity index is 515. The van der Waals surface area contributed by atoms with Gasteiger partial charge in [-0.3, -0.25) is 0 Å². The van der Waals surface area contributed by atoms with Crippen molar-refractivity contribution < 1.29 is 4.74 Å². The van der Waals surface area contributed by atoms with Gasteiger partial charge in [0.2, 0.25) is 0 Å². The molecule has 0 radical (unpaired) electrons. The topological polar surface area (TPSA) is 9.23 Å². The van der Waals surface area contributed by atoms with Crippen LogP contribution in [0.25, 0.3) is 0 Å². The van der Waals surface area contributed by atoms with Crippen LogP contribution >= 0.6 is 0 Å². The van der Waals surface area contributed by atoms with Crippen LogP contribution in [0.5, 0.6) is 5.75 Å². The Morgan fingerprint density at radius 2 is 1.84 bits per heavy atom. The molecule has 0 amide bonds. The molecule has 3 rings (SSSR count). The maximum absolute atomic E-state index is 6.52. The molecule has 0 saturated heterocycles. The number of aryl methyl sites for hydroxylation is 2. The van der Waals surface area contributed by atoms with Crippen LogP contribution in [-0.2, 0) is 6.42 Å². The summed E-state index contributed by atoms with van der Waals surface area (Å²) in [6.45, 7) is 11.6. The van der Waals surface area contributed by atoms with Gasteiger partial charge < -0.3 is 4.74 Å². The second-order valence-corrected chi connectivity index (χ2v) is 7.57. The fourth-order valence-electron chi connectivity index (χ4n) is 4.45. The van der Waals surface area contributed by atoms with Gasteiger partial charge in [0.15, 0.2) is 0 Å². The maximum Gasteiger partial charge on any atom is 0.123 e. The first kappa shape index (κ1) is 13.0. The SMILES string of the molecule is Cc1cc(C)c2c(c1)O[C@@]1(C)CCCC(C)(C)[C@@H]1C2. The van der Waals surface area contributed by atoms with Gasteiger partial charge in [-0.15, -0.1) is 0 Å². The van der Waals surface area contributed by atoms with Gasteiger partial charge in [-0.1, -0.05) is 19.9 Å². The van der Waals surface area contributed by atoms with Crippen molar-refractivity contribution in [1.29, 1.82) is 0 Å². The first-order valence-corrected chi connectivity index (χ1v) is 7.61. The van der Waals surface area contributed by atoms with Crippen LogP contribution in [-0.4, -0.2) is 5.60 Å². The number of hydrogen-bond donors (Lipinski definition) is 0. The molecular formula is C18H26O. The van der Waals surface area contributed by atoms with Crippen molar-refractivity contribution in [3.05, 3.63) is 28.8 Å². The summed E-state index contributed by atoms with van der Waals surface area (Å²) in [6.07, 6.45) is 5.01. The summed E-state index contributed by atoms with van der Waals surface area (Å²) in [6, 6.07) is 4.52. The minimum atomic E-state index is 0.0367. The minimum absolute atomic E-state index is 0.0367. The van der Waals surface area contributed by atoms with Crippen LogP contribution in [0.15, 0.2) is 12.1 Å². The van der Waals surface area contributed by atoms with Crippen LogP contribution in [0.2, 0.25) is 0 Å². The normalized spacial score (nSPS) is 32.2. The Morgan fingerprint density at radius 3 is 2.58 bits per heavy atom. The molecule has 1 aromatic carbocycles. The van der Waals surface area contributed by atoms with Gasteiger partial charge in [-0.2, -0.15) is 0 Å². The fourth-order valence-corrected chi connectivity index (χ4v) is 4.45. The van der Waals surface area contributed by atoms with E-state index in [0.717, 1.165) is 5.75 Å². The van der Waals surface area contributed by atoms with Gasteiger partial charge in [-0.05, 0) is 74.6 Å². The second kappa shape index (κ2) is 4.01. The highest BCUT2D eigenvalue weighted by Gasteiger charge is 2.50. The fraction of sp³-hybridized carbons (Fsp3) is 0.667. The summed E-state index contributed by atoms with van der Waals surface area (Å²) in [4.78, 5) is 0. The van der Waals surface area contributed by atoms with E-state index in [1.54, 1.807) is 0 Å². The van der Waals surface area contributed by atoms with E-state index < -0.39 is 0 Å². The second-order valence-electron chi connectivity index (χ2n) is 7.57. The van der Waals surface area contributed by atoms with E-state index in [0.29, 0.717) is 11.3 Å². The van der Waals surface area contributed by atoms with E-state index in [2.05, 4.69) is 46.8 Å². The summed E-state index contributed by atoms with van der Waals surface area (Å²) < 4.78 is 6.52. The number of benzene rings is 1. The van der Waals surface area contributed by atoms with Crippen molar-refractivity contribution in [3.63, 3.8) is 0 Å². The zero-order valence-electron chi connectivity index (χ0n) is 13.0. The number of hydrogen-bond acceptors (Lipinski definition) is 1. The molecule has 0 aromatic heterocycles. The largest absolute Gasteiger partial charge is 0.487 e. The lowest BCUT2D eigenvalue weighted by Crippen LogP contribution is -2.54. The Balaban J connectivity index is 2.08. The third-order valence-corrected chi connectivity index (χ3v) is 5.50. The third-order valence-electron chi connectivity index (χ3n) is 5.50. The zero-order valence-corrected chi connectivity index (χ0v) is 13.0. The molecule has 0 bridgehead atoms. The Hall–Kier alpha value is -0.980. The predicted molar refractivity (Wildman–Crippen MR) is 79.8 cm³/mol. The maximum atomic E-state index is 6.52. The molecule has 2 aliphatic rings. The van der Waals surface area contributed by atoms with Gasteiger partial charge in [0.05, 0.1) is 0 Å². The molecule has 104 valence electrons. The van der Waals surface area contributed by atoms with Gasteiger partial charge in [0, 0.05) is 5.92 Å². The van der Waals surface area contributed by atoms with Crippen LogP contribution in [0, 0.1) is 25.2 Å².